The van der Waals surface area contributed by atoms with Crippen LogP contribution in [0, 0.1) is 12.3 Å². The zero-order valence-corrected chi connectivity index (χ0v) is 9.47. The SMILES string of the molecule is C#CCC(C)OC(=O)c1ccc(C(N)=O)cc1. The van der Waals surface area contributed by atoms with Crippen LogP contribution in [-0.4, -0.2) is 18.0 Å². The maximum atomic E-state index is 11.6. The third-order valence-corrected chi connectivity index (χ3v) is 2.12. The fourth-order valence-electron chi connectivity index (χ4n) is 1.23. The van der Waals surface area contributed by atoms with E-state index in [0.717, 1.165) is 0 Å². The normalized spacial score (nSPS) is 11.3. The van der Waals surface area contributed by atoms with E-state index >= 15 is 0 Å². The number of nitrogens with two attached hydrogens (primary N) is 1. The van der Waals surface area contributed by atoms with E-state index in [0.29, 0.717) is 17.5 Å². The van der Waals surface area contributed by atoms with Gasteiger partial charge < -0.3 is 10.5 Å². The topological polar surface area (TPSA) is 69.4 Å². The van der Waals surface area contributed by atoms with Crippen LogP contribution in [0.1, 0.15) is 34.1 Å². The first-order valence-corrected chi connectivity index (χ1v) is 5.09. The standard InChI is InChI=1S/C13H13NO3/c1-3-4-9(2)17-13(16)11-7-5-10(6-8-11)12(14)15/h1,5-9H,4H2,2H3,(H2,14,15). The van der Waals surface area contributed by atoms with E-state index in [2.05, 4.69) is 5.92 Å². The molecule has 1 amide bonds. The minimum absolute atomic E-state index is 0.330. The molecule has 1 atom stereocenters. The molecular weight excluding hydrogens is 218 g/mol. The average molecular weight is 231 g/mol. The van der Waals surface area contributed by atoms with Gasteiger partial charge in [-0.25, -0.2) is 4.79 Å². The molecule has 88 valence electrons. The smallest absolute Gasteiger partial charge is 0.338 e. The van der Waals surface area contributed by atoms with Crippen molar-refractivity contribution in [3.05, 3.63) is 35.4 Å². The van der Waals surface area contributed by atoms with Crippen molar-refractivity contribution in [2.24, 2.45) is 5.73 Å². The van der Waals surface area contributed by atoms with Crippen LogP contribution in [0.5, 0.6) is 0 Å². The van der Waals surface area contributed by atoms with E-state index in [9.17, 15) is 9.59 Å². The van der Waals surface area contributed by atoms with Gasteiger partial charge in [0.25, 0.3) is 0 Å². The third-order valence-electron chi connectivity index (χ3n) is 2.12. The van der Waals surface area contributed by atoms with Crippen LogP contribution in [0.4, 0.5) is 0 Å². The van der Waals surface area contributed by atoms with Crippen molar-refractivity contribution >= 4 is 11.9 Å². The average Bonchev–Trinajstić information content (AvgIpc) is 2.29. The predicted molar refractivity (Wildman–Crippen MR) is 63.3 cm³/mol. The molecule has 4 heteroatoms. The Balaban J connectivity index is 2.70. The van der Waals surface area contributed by atoms with Gasteiger partial charge in [0.05, 0.1) is 5.56 Å². The van der Waals surface area contributed by atoms with Crippen molar-refractivity contribution in [1.82, 2.24) is 0 Å². The lowest BCUT2D eigenvalue weighted by Gasteiger charge is -2.10. The monoisotopic (exact) mass is 231 g/mol. The van der Waals surface area contributed by atoms with Crippen molar-refractivity contribution in [2.75, 3.05) is 0 Å². The molecule has 0 saturated heterocycles. The Hall–Kier alpha value is -2.28. The molecule has 0 radical (unpaired) electrons. The summed E-state index contributed by atoms with van der Waals surface area (Å²) >= 11 is 0. The maximum Gasteiger partial charge on any atom is 0.338 e. The van der Waals surface area contributed by atoms with E-state index in [1.54, 1.807) is 6.92 Å². The Morgan fingerprint density at radius 1 is 1.35 bits per heavy atom. The van der Waals surface area contributed by atoms with Crippen LogP contribution in [0.2, 0.25) is 0 Å². The predicted octanol–water partition coefficient (Wildman–Crippen LogP) is 1.35. The van der Waals surface area contributed by atoms with E-state index < -0.39 is 11.9 Å². The number of ether oxygens (including phenoxy) is 1. The Morgan fingerprint density at radius 2 is 1.88 bits per heavy atom. The number of carbonyl (C=O) groups excluding carboxylic acids is 2. The highest BCUT2D eigenvalue weighted by Gasteiger charge is 2.11. The molecule has 4 nitrogen and oxygen atoms in total. The first-order valence-electron chi connectivity index (χ1n) is 5.09. The summed E-state index contributed by atoms with van der Waals surface area (Å²) in [5.41, 5.74) is 5.79. The first kappa shape index (κ1) is 12.8. The van der Waals surface area contributed by atoms with Crippen LogP contribution < -0.4 is 5.73 Å². The van der Waals surface area contributed by atoms with Gasteiger partial charge >= 0.3 is 5.97 Å². The highest BCUT2D eigenvalue weighted by Crippen LogP contribution is 2.08. The second kappa shape index (κ2) is 5.71. The largest absolute Gasteiger partial charge is 0.458 e. The summed E-state index contributed by atoms with van der Waals surface area (Å²) in [6.45, 7) is 1.72. The molecule has 0 fully saturated rings. The second-order valence-corrected chi connectivity index (χ2v) is 3.57. The molecule has 0 aliphatic carbocycles. The molecule has 1 rings (SSSR count). The van der Waals surface area contributed by atoms with E-state index in [1.165, 1.54) is 24.3 Å². The lowest BCUT2D eigenvalue weighted by molar-refractivity contribution is 0.0352. The molecule has 2 N–H and O–H groups in total. The van der Waals surface area contributed by atoms with Gasteiger partial charge in [-0.3, -0.25) is 4.79 Å². The number of terminal acetylenes is 1. The van der Waals surface area contributed by atoms with Gasteiger partial charge in [0.2, 0.25) is 5.91 Å². The molecule has 0 aliphatic heterocycles. The van der Waals surface area contributed by atoms with Crippen LogP contribution in [-0.2, 0) is 4.74 Å². The Morgan fingerprint density at radius 3 is 2.35 bits per heavy atom. The van der Waals surface area contributed by atoms with Crippen LogP contribution in [0.3, 0.4) is 0 Å². The molecule has 0 bridgehead atoms. The Bertz CT molecular complexity index is 457. The zero-order valence-electron chi connectivity index (χ0n) is 9.47. The summed E-state index contributed by atoms with van der Waals surface area (Å²) < 4.78 is 5.08. The molecule has 1 aromatic carbocycles. The minimum atomic E-state index is -0.536. The van der Waals surface area contributed by atoms with Crippen molar-refractivity contribution in [3.63, 3.8) is 0 Å². The van der Waals surface area contributed by atoms with Gasteiger partial charge in [0.15, 0.2) is 0 Å². The van der Waals surface area contributed by atoms with Gasteiger partial charge in [-0.1, -0.05) is 0 Å². The molecule has 1 aromatic rings. The van der Waals surface area contributed by atoms with Crippen molar-refractivity contribution in [2.45, 2.75) is 19.4 Å². The molecule has 0 spiro atoms. The Labute approximate surface area is 99.8 Å². The summed E-state index contributed by atoms with van der Waals surface area (Å²) in [6.07, 6.45) is 5.14. The van der Waals surface area contributed by atoms with Crippen molar-refractivity contribution < 1.29 is 14.3 Å². The van der Waals surface area contributed by atoms with Crippen LogP contribution >= 0.6 is 0 Å². The number of hydrogen-bond acceptors (Lipinski definition) is 3. The highest BCUT2D eigenvalue weighted by molar-refractivity contribution is 5.95. The van der Waals surface area contributed by atoms with Gasteiger partial charge in [-0.2, -0.15) is 0 Å². The molecular formula is C13H13NO3. The summed E-state index contributed by atoms with van der Waals surface area (Å²) in [6, 6.07) is 5.94. The lowest BCUT2D eigenvalue weighted by atomic mass is 10.1. The quantitative estimate of drug-likeness (QED) is 0.628. The third kappa shape index (κ3) is 3.65. The second-order valence-electron chi connectivity index (χ2n) is 3.57. The zero-order chi connectivity index (χ0) is 12.8. The summed E-state index contributed by atoms with van der Waals surface area (Å²) in [7, 11) is 0. The fourth-order valence-corrected chi connectivity index (χ4v) is 1.23. The minimum Gasteiger partial charge on any atom is -0.458 e. The molecule has 0 saturated carbocycles. The molecule has 0 heterocycles. The number of esters is 1. The van der Waals surface area contributed by atoms with E-state index in [1.807, 2.05) is 0 Å². The summed E-state index contributed by atoms with van der Waals surface area (Å²) in [4.78, 5) is 22.4. The van der Waals surface area contributed by atoms with Crippen LogP contribution in [0.15, 0.2) is 24.3 Å². The molecule has 0 aliphatic rings. The Kier molecular flexibility index (Phi) is 4.29. The van der Waals surface area contributed by atoms with Crippen molar-refractivity contribution in [3.8, 4) is 12.3 Å². The first-order chi connectivity index (χ1) is 8.04. The van der Waals surface area contributed by atoms with Crippen molar-refractivity contribution in [1.29, 1.82) is 0 Å². The number of primary amides is 1. The maximum absolute atomic E-state index is 11.6. The highest BCUT2D eigenvalue weighted by atomic mass is 16.5. The van der Waals surface area contributed by atoms with Gasteiger partial charge in [-0.05, 0) is 31.2 Å². The lowest BCUT2D eigenvalue weighted by Crippen LogP contribution is -2.15. The number of amides is 1. The van der Waals surface area contributed by atoms with Crippen LogP contribution in [0.25, 0.3) is 0 Å². The van der Waals surface area contributed by atoms with Gasteiger partial charge in [0, 0.05) is 12.0 Å². The van der Waals surface area contributed by atoms with Gasteiger partial charge in [-0.15, -0.1) is 12.3 Å². The van der Waals surface area contributed by atoms with Gasteiger partial charge in [0.1, 0.15) is 6.10 Å². The molecule has 17 heavy (non-hydrogen) atoms. The molecule has 1 unspecified atom stereocenters. The summed E-state index contributed by atoms with van der Waals surface area (Å²) in [5, 5.41) is 0. The number of carbonyl (C=O) groups is 2. The summed E-state index contributed by atoms with van der Waals surface area (Å²) in [5.74, 6) is 1.40. The number of hydrogen-bond donors (Lipinski definition) is 1. The molecule has 0 aromatic heterocycles. The number of rotatable bonds is 4. The fraction of sp³-hybridized carbons (Fsp3) is 0.231. The van der Waals surface area contributed by atoms with E-state index in [4.69, 9.17) is 16.9 Å². The van der Waals surface area contributed by atoms with E-state index in [-0.39, 0.29) is 6.10 Å². The number of benzene rings is 1.